The van der Waals surface area contributed by atoms with Gasteiger partial charge in [-0.05, 0) is 0 Å². The molecule has 2 N–H and O–H groups in total. The van der Waals surface area contributed by atoms with E-state index in [0.717, 1.165) is 0 Å². The highest BCUT2D eigenvalue weighted by Gasteiger charge is 2.17. The van der Waals surface area contributed by atoms with Crippen LogP contribution in [0.25, 0.3) is 0 Å². The van der Waals surface area contributed by atoms with Crippen LogP contribution in [-0.4, -0.2) is 15.4 Å². The first-order chi connectivity index (χ1) is 4.36. The van der Waals surface area contributed by atoms with Crippen LogP contribution < -0.4 is 0 Å². The van der Waals surface area contributed by atoms with Crippen molar-refractivity contribution in [3.63, 3.8) is 0 Å². The highest BCUT2D eigenvalue weighted by molar-refractivity contribution is 7.52. The summed E-state index contributed by atoms with van der Waals surface area (Å²) in [6.07, 6.45) is 1.25. The van der Waals surface area contributed by atoms with Gasteiger partial charge in [-0.25, -0.2) is 0 Å². The Kier molecular flexibility index (Phi) is 7.55. The van der Waals surface area contributed by atoms with Gasteiger partial charge in [-0.15, -0.1) is 0 Å². The maximum Gasteiger partial charge on any atom is 0.328 e. The van der Waals surface area contributed by atoms with E-state index in [9.17, 15) is 4.57 Å². The summed E-state index contributed by atoms with van der Waals surface area (Å²) in [5.41, 5.74) is -0.535. The molecule has 64 valence electrons. The fourth-order valence-electron chi connectivity index (χ4n) is 0. The van der Waals surface area contributed by atoms with Crippen molar-refractivity contribution in [2.24, 2.45) is 0 Å². The first-order valence-electron chi connectivity index (χ1n) is 3.41. The molecule has 0 atom stereocenters. The zero-order valence-electron chi connectivity index (χ0n) is 7.03. The Morgan fingerprint density at radius 1 is 1.30 bits per heavy atom. The lowest BCUT2D eigenvalue weighted by molar-refractivity contribution is 0.363. The molecule has 10 heavy (non-hydrogen) atoms. The standard InChI is InChI=1S/C3H9O3P.C3H8/c1-3(2)7(4,5)6;1-3-2/h3H,1-2H3,(H2,4,5,6);3H2,1-2H3. The third kappa shape index (κ3) is 11.0. The molecule has 0 saturated carbocycles. The molecule has 0 aliphatic carbocycles. The molecule has 0 aliphatic rings. The summed E-state index contributed by atoms with van der Waals surface area (Å²) in [6.45, 7) is 7.22. The topological polar surface area (TPSA) is 57.5 Å². The second-order valence-corrected chi connectivity index (χ2v) is 4.60. The Labute approximate surface area is 62.6 Å². The van der Waals surface area contributed by atoms with E-state index in [4.69, 9.17) is 9.79 Å². The minimum Gasteiger partial charge on any atom is -0.324 e. The monoisotopic (exact) mass is 168 g/mol. The molecule has 0 aliphatic heterocycles. The molecule has 0 bridgehead atoms. The molecule has 4 heteroatoms. The van der Waals surface area contributed by atoms with Gasteiger partial charge in [0.15, 0.2) is 0 Å². The summed E-state index contributed by atoms with van der Waals surface area (Å²) in [5, 5.41) is 0. The van der Waals surface area contributed by atoms with Crippen LogP contribution in [0.15, 0.2) is 0 Å². The lowest BCUT2D eigenvalue weighted by atomic mass is 10.6. The van der Waals surface area contributed by atoms with Gasteiger partial charge < -0.3 is 9.79 Å². The average Bonchev–Trinajstić information content (AvgIpc) is 1.64. The van der Waals surface area contributed by atoms with Crippen molar-refractivity contribution < 1.29 is 14.4 Å². The van der Waals surface area contributed by atoms with E-state index in [1.807, 2.05) is 0 Å². The van der Waals surface area contributed by atoms with E-state index in [0.29, 0.717) is 0 Å². The van der Waals surface area contributed by atoms with Crippen LogP contribution in [0.4, 0.5) is 0 Å². The van der Waals surface area contributed by atoms with Crippen molar-refractivity contribution in [2.75, 3.05) is 0 Å². The van der Waals surface area contributed by atoms with E-state index in [2.05, 4.69) is 13.8 Å². The van der Waals surface area contributed by atoms with Crippen molar-refractivity contribution in [3.05, 3.63) is 0 Å². The Morgan fingerprint density at radius 2 is 1.40 bits per heavy atom. The van der Waals surface area contributed by atoms with Crippen LogP contribution in [0, 0.1) is 0 Å². The van der Waals surface area contributed by atoms with Gasteiger partial charge in [-0.1, -0.05) is 34.1 Å². The SMILES string of the molecule is CC(C)P(=O)(O)O.CCC. The van der Waals surface area contributed by atoms with Crippen molar-refractivity contribution in [2.45, 2.75) is 39.8 Å². The van der Waals surface area contributed by atoms with Crippen LogP contribution >= 0.6 is 7.60 Å². The summed E-state index contributed by atoms with van der Waals surface area (Å²) >= 11 is 0. The van der Waals surface area contributed by atoms with Crippen LogP contribution in [0.1, 0.15) is 34.1 Å². The molecule has 0 rings (SSSR count). The molecular weight excluding hydrogens is 151 g/mol. The van der Waals surface area contributed by atoms with Gasteiger partial charge in [-0.3, -0.25) is 4.57 Å². The molecule has 3 nitrogen and oxygen atoms in total. The first kappa shape index (κ1) is 12.8. The normalized spacial score (nSPS) is 10.7. The fraction of sp³-hybridized carbons (Fsp3) is 1.00. The summed E-state index contributed by atoms with van der Waals surface area (Å²) in [6, 6.07) is 0. The van der Waals surface area contributed by atoms with Gasteiger partial charge in [-0.2, -0.15) is 0 Å². The summed E-state index contributed by atoms with van der Waals surface area (Å²) in [4.78, 5) is 16.4. The molecule has 0 unspecified atom stereocenters. The number of hydrogen-bond acceptors (Lipinski definition) is 1. The Bertz CT molecular complexity index is 106. The largest absolute Gasteiger partial charge is 0.328 e. The van der Waals surface area contributed by atoms with Gasteiger partial charge >= 0.3 is 7.60 Å². The molecule has 0 aromatic heterocycles. The molecule has 0 heterocycles. The van der Waals surface area contributed by atoms with Crippen molar-refractivity contribution in [1.82, 2.24) is 0 Å². The molecule has 0 saturated heterocycles. The average molecular weight is 168 g/mol. The number of rotatable bonds is 1. The van der Waals surface area contributed by atoms with E-state index < -0.39 is 13.3 Å². The van der Waals surface area contributed by atoms with Gasteiger partial charge in [0.25, 0.3) is 0 Å². The van der Waals surface area contributed by atoms with Crippen molar-refractivity contribution in [1.29, 1.82) is 0 Å². The van der Waals surface area contributed by atoms with Gasteiger partial charge in [0.05, 0.1) is 5.66 Å². The van der Waals surface area contributed by atoms with Gasteiger partial charge in [0.1, 0.15) is 0 Å². The fourth-order valence-corrected chi connectivity index (χ4v) is 0. The Hall–Kier alpha value is 0.150. The van der Waals surface area contributed by atoms with Crippen molar-refractivity contribution in [3.8, 4) is 0 Å². The van der Waals surface area contributed by atoms with Gasteiger partial charge in [0, 0.05) is 0 Å². The van der Waals surface area contributed by atoms with Crippen LogP contribution in [0.5, 0.6) is 0 Å². The molecule has 0 aromatic rings. The van der Waals surface area contributed by atoms with E-state index >= 15 is 0 Å². The second-order valence-electron chi connectivity index (χ2n) is 2.39. The van der Waals surface area contributed by atoms with Crippen molar-refractivity contribution >= 4 is 7.60 Å². The molecule has 0 spiro atoms. The summed E-state index contributed by atoms with van der Waals surface area (Å²) < 4.78 is 10.0. The van der Waals surface area contributed by atoms with Crippen LogP contribution in [0.2, 0.25) is 0 Å². The maximum atomic E-state index is 10.0. The zero-order chi connectivity index (χ0) is 8.78. The van der Waals surface area contributed by atoms with Crippen LogP contribution in [0.3, 0.4) is 0 Å². The highest BCUT2D eigenvalue weighted by Crippen LogP contribution is 2.39. The summed E-state index contributed by atoms with van der Waals surface area (Å²) in [5.74, 6) is 0. The Balaban J connectivity index is 0. The minimum atomic E-state index is -3.74. The predicted molar refractivity (Wildman–Crippen MR) is 43.1 cm³/mol. The number of hydrogen-bond donors (Lipinski definition) is 2. The predicted octanol–water partition coefficient (Wildman–Crippen LogP) is 1.99. The lowest BCUT2D eigenvalue weighted by Gasteiger charge is -2.04. The quantitative estimate of drug-likeness (QED) is 0.588. The molecule has 0 aromatic carbocycles. The molecule has 0 amide bonds. The van der Waals surface area contributed by atoms with E-state index in [1.54, 1.807) is 0 Å². The molecular formula is C6H17O3P. The molecule has 0 radical (unpaired) electrons. The Morgan fingerprint density at radius 3 is 1.40 bits per heavy atom. The third-order valence-corrected chi connectivity index (χ3v) is 2.02. The first-order valence-corrected chi connectivity index (χ1v) is 5.09. The van der Waals surface area contributed by atoms with Crippen LogP contribution in [-0.2, 0) is 4.57 Å². The highest BCUT2D eigenvalue weighted by atomic mass is 31.2. The maximum absolute atomic E-state index is 10.0. The lowest BCUT2D eigenvalue weighted by Crippen LogP contribution is -1.93. The minimum absolute atomic E-state index is 0.535. The second kappa shape index (κ2) is 5.90. The van der Waals surface area contributed by atoms with E-state index in [-0.39, 0.29) is 0 Å². The smallest absolute Gasteiger partial charge is 0.324 e. The van der Waals surface area contributed by atoms with E-state index in [1.165, 1.54) is 20.3 Å². The third-order valence-electron chi connectivity index (χ3n) is 0.673. The molecule has 0 fully saturated rings. The zero-order valence-corrected chi connectivity index (χ0v) is 7.93. The summed E-state index contributed by atoms with van der Waals surface area (Å²) in [7, 11) is -3.74. The van der Waals surface area contributed by atoms with Gasteiger partial charge in [0.2, 0.25) is 0 Å².